The lowest BCUT2D eigenvalue weighted by molar-refractivity contribution is 0.0161. The Hall–Kier alpha value is -2.64. The van der Waals surface area contributed by atoms with Crippen LogP contribution in [0.5, 0.6) is 11.5 Å². The van der Waals surface area contributed by atoms with Gasteiger partial charge in [-0.1, -0.05) is 6.07 Å². The van der Waals surface area contributed by atoms with Crippen molar-refractivity contribution in [2.75, 3.05) is 47.1 Å². The highest BCUT2D eigenvalue weighted by atomic mass is 16.5. The van der Waals surface area contributed by atoms with Gasteiger partial charge in [-0.25, -0.2) is 0 Å². The highest BCUT2D eigenvalue weighted by Crippen LogP contribution is 2.27. The van der Waals surface area contributed by atoms with E-state index in [0.29, 0.717) is 36.8 Å². The summed E-state index contributed by atoms with van der Waals surface area (Å²) in [4.78, 5) is 19.2. The molecule has 7 heteroatoms. The Balaban J connectivity index is 1.72. The molecule has 2 aromatic rings. The fraction of sp³-hybridized carbons (Fsp3) is 0.400. The molecule has 1 atom stereocenters. The van der Waals surface area contributed by atoms with Crippen LogP contribution in [0.1, 0.15) is 22.0 Å². The summed E-state index contributed by atoms with van der Waals surface area (Å²) < 4.78 is 16.0. The van der Waals surface area contributed by atoms with Crippen LogP contribution in [0.3, 0.4) is 0 Å². The van der Waals surface area contributed by atoms with Gasteiger partial charge in [-0.05, 0) is 29.8 Å². The number of amides is 1. The molecule has 0 unspecified atom stereocenters. The number of nitrogens with zero attached hydrogens (tertiary/aromatic N) is 2. The molecule has 0 radical (unpaired) electrons. The number of rotatable bonds is 7. The van der Waals surface area contributed by atoms with Gasteiger partial charge in [0, 0.05) is 37.6 Å². The van der Waals surface area contributed by atoms with E-state index < -0.39 is 0 Å². The normalized spacial score (nSPS) is 15.8. The van der Waals surface area contributed by atoms with Gasteiger partial charge in [-0.15, -0.1) is 0 Å². The Kier molecular flexibility index (Phi) is 6.62. The van der Waals surface area contributed by atoms with Crippen LogP contribution in [-0.2, 0) is 4.74 Å². The molecular formula is C20H25N3O4. The van der Waals surface area contributed by atoms with Crippen LogP contribution in [0, 0.1) is 0 Å². The maximum absolute atomic E-state index is 12.7. The topological polar surface area (TPSA) is 72.9 Å². The third-order valence-corrected chi connectivity index (χ3v) is 4.66. The first-order valence-electron chi connectivity index (χ1n) is 8.95. The molecule has 1 aromatic heterocycles. The molecular weight excluding hydrogens is 346 g/mol. The third-order valence-electron chi connectivity index (χ3n) is 4.66. The van der Waals surface area contributed by atoms with E-state index in [9.17, 15) is 4.79 Å². The predicted octanol–water partition coefficient (Wildman–Crippen LogP) is 1.90. The summed E-state index contributed by atoms with van der Waals surface area (Å²) in [6.07, 6.45) is 3.60. The van der Waals surface area contributed by atoms with Crippen molar-refractivity contribution in [3.05, 3.63) is 53.9 Å². The summed E-state index contributed by atoms with van der Waals surface area (Å²) in [6, 6.07) is 9.14. The molecule has 1 aliphatic heterocycles. The van der Waals surface area contributed by atoms with Gasteiger partial charge in [0.2, 0.25) is 0 Å². The second kappa shape index (κ2) is 9.34. The number of methoxy groups -OCH3 is 2. The van der Waals surface area contributed by atoms with Gasteiger partial charge < -0.3 is 19.5 Å². The Bertz CT molecular complexity index is 748. The summed E-state index contributed by atoms with van der Waals surface area (Å²) in [5, 5.41) is 3.04. The zero-order valence-electron chi connectivity index (χ0n) is 15.7. The molecule has 144 valence electrons. The lowest BCUT2D eigenvalue weighted by atomic mass is 10.1. The lowest BCUT2D eigenvalue weighted by Gasteiger charge is -2.34. The van der Waals surface area contributed by atoms with Crippen molar-refractivity contribution < 1.29 is 19.0 Å². The monoisotopic (exact) mass is 371 g/mol. The molecule has 3 rings (SSSR count). The van der Waals surface area contributed by atoms with Gasteiger partial charge in [0.15, 0.2) is 11.5 Å². The largest absolute Gasteiger partial charge is 0.493 e. The minimum atomic E-state index is -0.155. The molecule has 1 saturated heterocycles. The molecule has 1 aromatic carbocycles. The van der Waals surface area contributed by atoms with Gasteiger partial charge in [0.25, 0.3) is 5.91 Å². The number of morpholine rings is 1. The molecule has 0 spiro atoms. The van der Waals surface area contributed by atoms with Crippen LogP contribution in [0.15, 0.2) is 42.7 Å². The van der Waals surface area contributed by atoms with Crippen LogP contribution in [-0.4, -0.2) is 62.9 Å². The second-order valence-electron chi connectivity index (χ2n) is 6.23. The van der Waals surface area contributed by atoms with Crippen LogP contribution in [0.4, 0.5) is 0 Å². The molecule has 0 saturated carbocycles. The number of hydrogen-bond donors (Lipinski definition) is 1. The van der Waals surface area contributed by atoms with Crippen molar-refractivity contribution in [3.63, 3.8) is 0 Å². The van der Waals surface area contributed by atoms with E-state index in [4.69, 9.17) is 14.2 Å². The minimum absolute atomic E-state index is 0.0479. The van der Waals surface area contributed by atoms with Crippen molar-refractivity contribution in [1.82, 2.24) is 15.2 Å². The summed E-state index contributed by atoms with van der Waals surface area (Å²) >= 11 is 0. The summed E-state index contributed by atoms with van der Waals surface area (Å²) in [5.74, 6) is 0.968. The van der Waals surface area contributed by atoms with Crippen LogP contribution in [0.2, 0.25) is 0 Å². The second-order valence-corrected chi connectivity index (χ2v) is 6.23. The highest BCUT2D eigenvalue weighted by Gasteiger charge is 2.23. The van der Waals surface area contributed by atoms with Gasteiger partial charge in [0.1, 0.15) is 0 Å². The minimum Gasteiger partial charge on any atom is -0.493 e. The Labute approximate surface area is 159 Å². The fourth-order valence-corrected chi connectivity index (χ4v) is 3.19. The number of benzene rings is 1. The van der Waals surface area contributed by atoms with Crippen molar-refractivity contribution in [2.24, 2.45) is 0 Å². The van der Waals surface area contributed by atoms with Crippen molar-refractivity contribution in [2.45, 2.75) is 6.04 Å². The zero-order chi connectivity index (χ0) is 19.1. The number of ether oxygens (including phenoxy) is 3. The standard InChI is InChI=1S/C20H25N3O4/c1-25-18-6-5-15(12-19(18)26-2)20(24)22-14-17(16-4-3-7-21-13-16)23-8-10-27-11-9-23/h3-7,12-13,17H,8-11,14H2,1-2H3,(H,22,24)/t17-/m1/s1. The van der Waals surface area contributed by atoms with Crippen molar-refractivity contribution in [1.29, 1.82) is 0 Å². The first-order chi connectivity index (χ1) is 13.2. The molecule has 27 heavy (non-hydrogen) atoms. The Morgan fingerprint density at radius 3 is 2.67 bits per heavy atom. The van der Waals surface area contributed by atoms with Gasteiger partial charge in [-0.3, -0.25) is 14.7 Å². The summed E-state index contributed by atoms with van der Waals surface area (Å²) in [6.45, 7) is 3.53. The quantitative estimate of drug-likeness (QED) is 0.802. The number of carbonyl (C=O) groups is 1. The Morgan fingerprint density at radius 1 is 1.22 bits per heavy atom. The maximum atomic E-state index is 12.7. The van der Waals surface area contributed by atoms with Crippen molar-refractivity contribution >= 4 is 5.91 Å². The van der Waals surface area contributed by atoms with Crippen LogP contribution in [0.25, 0.3) is 0 Å². The fourth-order valence-electron chi connectivity index (χ4n) is 3.19. The first kappa shape index (κ1) is 19.1. The number of aromatic nitrogens is 1. The van der Waals surface area contributed by atoms with E-state index in [-0.39, 0.29) is 11.9 Å². The first-order valence-corrected chi connectivity index (χ1v) is 8.95. The molecule has 1 aliphatic rings. The predicted molar refractivity (Wildman–Crippen MR) is 101 cm³/mol. The number of pyridine rings is 1. The Morgan fingerprint density at radius 2 is 2.00 bits per heavy atom. The van der Waals surface area contributed by atoms with Crippen LogP contribution < -0.4 is 14.8 Å². The number of carbonyl (C=O) groups excluding carboxylic acids is 1. The molecule has 0 aliphatic carbocycles. The van der Waals surface area contributed by atoms with E-state index in [1.54, 1.807) is 38.6 Å². The smallest absolute Gasteiger partial charge is 0.251 e. The SMILES string of the molecule is COc1ccc(C(=O)NC[C@H](c2cccnc2)N2CCOCC2)cc1OC. The molecule has 7 nitrogen and oxygen atoms in total. The molecule has 1 amide bonds. The lowest BCUT2D eigenvalue weighted by Crippen LogP contribution is -2.43. The van der Waals surface area contributed by atoms with Gasteiger partial charge in [0.05, 0.1) is 33.5 Å². The van der Waals surface area contributed by atoms with Crippen molar-refractivity contribution in [3.8, 4) is 11.5 Å². The summed E-state index contributed by atoms with van der Waals surface area (Å²) in [5.41, 5.74) is 1.60. The van der Waals surface area contributed by atoms with E-state index >= 15 is 0 Å². The third kappa shape index (κ3) is 4.75. The van der Waals surface area contributed by atoms with E-state index in [0.717, 1.165) is 18.7 Å². The molecule has 2 heterocycles. The van der Waals surface area contributed by atoms with E-state index in [2.05, 4.69) is 15.2 Å². The average Bonchev–Trinajstić information content (AvgIpc) is 2.74. The number of nitrogens with one attached hydrogen (secondary N) is 1. The average molecular weight is 371 g/mol. The number of hydrogen-bond acceptors (Lipinski definition) is 6. The highest BCUT2D eigenvalue weighted by molar-refractivity contribution is 5.94. The van der Waals surface area contributed by atoms with E-state index in [1.165, 1.54) is 0 Å². The van der Waals surface area contributed by atoms with Gasteiger partial charge >= 0.3 is 0 Å². The molecule has 0 bridgehead atoms. The molecule has 1 N–H and O–H groups in total. The zero-order valence-corrected chi connectivity index (χ0v) is 15.7. The summed E-state index contributed by atoms with van der Waals surface area (Å²) in [7, 11) is 3.12. The maximum Gasteiger partial charge on any atom is 0.251 e. The van der Waals surface area contributed by atoms with Crippen LogP contribution >= 0.6 is 0 Å². The molecule has 1 fully saturated rings. The van der Waals surface area contributed by atoms with Gasteiger partial charge in [-0.2, -0.15) is 0 Å². The van der Waals surface area contributed by atoms with E-state index in [1.807, 2.05) is 18.3 Å².